The van der Waals surface area contributed by atoms with Crippen molar-refractivity contribution in [1.29, 1.82) is 0 Å². The Bertz CT molecular complexity index is 571. The fourth-order valence-electron chi connectivity index (χ4n) is 1.84. The Kier molecular flexibility index (Phi) is 3.71. The number of amides is 3. The molecule has 0 spiro atoms. The van der Waals surface area contributed by atoms with E-state index in [0.717, 1.165) is 14.9 Å². The molecular weight excluding hydrogens is 312 g/mol. The molecule has 100 valence electrons. The lowest BCUT2D eigenvalue weighted by Gasteiger charge is -2.11. The number of nitrogens with zero attached hydrogens (tertiary/aromatic N) is 1. The predicted octanol–water partition coefficient (Wildman–Crippen LogP) is 1.24. The van der Waals surface area contributed by atoms with Crippen molar-refractivity contribution in [2.24, 2.45) is 0 Å². The summed E-state index contributed by atoms with van der Waals surface area (Å²) in [7, 11) is 1.42. The number of hydrogen-bond donors (Lipinski definition) is 1. The van der Waals surface area contributed by atoms with Gasteiger partial charge in [0.15, 0.2) is 0 Å². The van der Waals surface area contributed by atoms with E-state index in [9.17, 15) is 14.4 Å². The minimum Gasteiger partial charge on any atom is -0.340 e. The molecule has 1 saturated heterocycles. The summed E-state index contributed by atoms with van der Waals surface area (Å²) < 4.78 is 0.825. The van der Waals surface area contributed by atoms with Gasteiger partial charge >= 0.3 is 0 Å². The summed E-state index contributed by atoms with van der Waals surface area (Å²) in [6.45, 7) is 1.92. The number of likely N-dealkylation sites (tertiary alicyclic amines) is 1. The Labute approximate surface area is 119 Å². The summed E-state index contributed by atoms with van der Waals surface area (Å²) in [6, 6.07) is 4.42. The molecule has 1 aromatic rings. The van der Waals surface area contributed by atoms with Crippen LogP contribution in [0.1, 0.15) is 22.3 Å². The molecule has 0 saturated carbocycles. The van der Waals surface area contributed by atoms with Gasteiger partial charge in [-0.2, -0.15) is 0 Å². The molecule has 3 amide bonds. The lowest BCUT2D eigenvalue weighted by Crippen LogP contribution is -2.40. The van der Waals surface area contributed by atoms with Crippen LogP contribution in [0.2, 0.25) is 0 Å². The van der Waals surface area contributed by atoms with Crippen LogP contribution < -0.4 is 5.32 Å². The molecule has 0 bridgehead atoms. The second-order valence-corrected chi connectivity index (χ2v) is 5.34. The molecule has 2 rings (SSSR count). The maximum atomic E-state index is 12.0. The molecule has 5 nitrogen and oxygen atoms in total. The standard InChI is InChI=1S/C13H13BrN2O3/c1-7-3-4-8(5-9(7)14)12(18)15-10-6-11(17)16(2)13(10)19/h3-5,10H,6H2,1-2H3,(H,15,18). The number of carbonyl (C=O) groups is 3. The molecular formula is C13H13BrN2O3. The predicted molar refractivity (Wildman–Crippen MR) is 72.5 cm³/mol. The van der Waals surface area contributed by atoms with Crippen molar-refractivity contribution in [3.8, 4) is 0 Å². The normalized spacial score (nSPS) is 18.9. The van der Waals surface area contributed by atoms with Gasteiger partial charge in [-0.25, -0.2) is 0 Å². The maximum Gasteiger partial charge on any atom is 0.252 e. The SMILES string of the molecule is Cc1ccc(C(=O)NC2CC(=O)N(C)C2=O)cc1Br. The molecule has 19 heavy (non-hydrogen) atoms. The molecule has 1 N–H and O–H groups in total. The van der Waals surface area contributed by atoms with Gasteiger partial charge in [0.25, 0.3) is 11.8 Å². The topological polar surface area (TPSA) is 66.5 Å². The molecule has 1 heterocycles. The highest BCUT2D eigenvalue weighted by atomic mass is 79.9. The number of carbonyl (C=O) groups excluding carboxylic acids is 3. The zero-order valence-electron chi connectivity index (χ0n) is 10.6. The Balaban J connectivity index is 2.11. The van der Waals surface area contributed by atoms with Crippen LogP contribution >= 0.6 is 15.9 Å². The van der Waals surface area contributed by atoms with Crippen molar-refractivity contribution in [1.82, 2.24) is 10.2 Å². The average molecular weight is 325 g/mol. The van der Waals surface area contributed by atoms with Crippen LogP contribution in [-0.4, -0.2) is 35.7 Å². The van der Waals surface area contributed by atoms with Crippen molar-refractivity contribution >= 4 is 33.7 Å². The van der Waals surface area contributed by atoms with Crippen LogP contribution in [0.25, 0.3) is 0 Å². The summed E-state index contributed by atoms with van der Waals surface area (Å²) in [4.78, 5) is 36.1. The van der Waals surface area contributed by atoms with Gasteiger partial charge in [-0.1, -0.05) is 22.0 Å². The number of nitrogens with one attached hydrogen (secondary N) is 1. The lowest BCUT2D eigenvalue weighted by molar-refractivity contribution is -0.137. The van der Waals surface area contributed by atoms with Gasteiger partial charge in [0.05, 0.1) is 6.42 Å². The fraction of sp³-hybridized carbons (Fsp3) is 0.308. The molecule has 1 atom stereocenters. The van der Waals surface area contributed by atoms with Crippen LogP contribution in [0.3, 0.4) is 0 Å². The highest BCUT2D eigenvalue weighted by Gasteiger charge is 2.36. The Morgan fingerprint density at radius 2 is 2.11 bits per heavy atom. The van der Waals surface area contributed by atoms with Gasteiger partial charge in [0.2, 0.25) is 5.91 Å². The monoisotopic (exact) mass is 324 g/mol. The third-order valence-electron chi connectivity index (χ3n) is 3.12. The van der Waals surface area contributed by atoms with Crippen LogP contribution in [0.15, 0.2) is 22.7 Å². The number of rotatable bonds is 2. The van der Waals surface area contributed by atoms with Crippen LogP contribution in [0.5, 0.6) is 0 Å². The third kappa shape index (κ3) is 2.68. The Morgan fingerprint density at radius 1 is 1.42 bits per heavy atom. The zero-order chi connectivity index (χ0) is 14.2. The first-order valence-electron chi connectivity index (χ1n) is 5.77. The van der Waals surface area contributed by atoms with E-state index >= 15 is 0 Å². The summed E-state index contributed by atoms with van der Waals surface area (Å²) in [6.07, 6.45) is 0.0219. The minimum atomic E-state index is -0.759. The smallest absolute Gasteiger partial charge is 0.252 e. The molecule has 0 aliphatic carbocycles. The highest BCUT2D eigenvalue weighted by molar-refractivity contribution is 9.10. The summed E-state index contributed by atoms with van der Waals surface area (Å²) >= 11 is 3.35. The van der Waals surface area contributed by atoms with Gasteiger partial charge in [-0.05, 0) is 24.6 Å². The van der Waals surface area contributed by atoms with E-state index in [1.165, 1.54) is 7.05 Å². The van der Waals surface area contributed by atoms with E-state index in [1.54, 1.807) is 12.1 Å². The number of imide groups is 1. The number of halogens is 1. The van der Waals surface area contributed by atoms with Crippen LogP contribution in [-0.2, 0) is 9.59 Å². The molecule has 0 radical (unpaired) electrons. The van der Waals surface area contributed by atoms with E-state index in [-0.39, 0.29) is 24.1 Å². The lowest BCUT2D eigenvalue weighted by atomic mass is 10.1. The van der Waals surface area contributed by atoms with Crippen LogP contribution in [0.4, 0.5) is 0 Å². The van der Waals surface area contributed by atoms with E-state index in [1.807, 2.05) is 13.0 Å². The van der Waals surface area contributed by atoms with E-state index < -0.39 is 6.04 Å². The number of benzene rings is 1. The Hall–Kier alpha value is -1.69. The summed E-state index contributed by atoms with van der Waals surface area (Å²) in [5.74, 6) is -1.01. The minimum absolute atomic E-state index is 0.0219. The second kappa shape index (κ2) is 5.13. The van der Waals surface area contributed by atoms with Crippen molar-refractivity contribution < 1.29 is 14.4 Å². The quantitative estimate of drug-likeness (QED) is 0.832. The molecule has 1 fully saturated rings. The first-order chi connectivity index (χ1) is 8.90. The van der Waals surface area contributed by atoms with Crippen molar-refractivity contribution in [2.75, 3.05) is 7.05 Å². The van der Waals surface area contributed by atoms with E-state index in [4.69, 9.17) is 0 Å². The van der Waals surface area contributed by atoms with Crippen molar-refractivity contribution in [3.63, 3.8) is 0 Å². The largest absolute Gasteiger partial charge is 0.340 e. The number of aryl methyl sites for hydroxylation is 1. The molecule has 1 unspecified atom stereocenters. The van der Waals surface area contributed by atoms with Gasteiger partial charge < -0.3 is 5.32 Å². The molecule has 1 aromatic carbocycles. The average Bonchev–Trinajstić information content (AvgIpc) is 2.60. The second-order valence-electron chi connectivity index (χ2n) is 4.49. The summed E-state index contributed by atoms with van der Waals surface area (Å²) in [5, 5.41) is 2.58. The summed E-state index contributed by atoms with van der Waals surface area (Å²) in [5.41, 5.74) is 1.47. The molecule has 1 aliphatic heterocycles. The van der Waals surface area contributed by atoms with Crippen LogP contribution in [0, 0.1) is 6.92 Å². The van der Waals surface area contributed by atoms with Gasteiger partial charge in [0.1, 0.15) is 6.04 Å². The maximum absolute atomic E-state index is 12.0. The first-order valence-corrected chi connectivity index (χ1v) is 6.57. The molecule has 0 aromatic heterocycles. The van der Waals surface area contributed by atoms with Crippen molar-refractivity contribution in [2.45, 2.75) is 19.4 Å². The van der Waals surface area contributed by atoms with Crippen molar-refractivity contribution in [3.05, 3.63) is 33.8 Å². The van der Waals surface area contributed by atoms with E-state index in [2.05, 4.69) is 21.2 Å². The van der Waals surface area contributed by atoms with Gasteiger partial charge in [0, 0.05) is 17.1 Å². The Morgan fingerprint density at radius 3 is 2.63 bits per heavy atom. The highest BCUT2D eigenvalue weighted by Crippen LogP contribution is 2.18. The number of likely N-dealkylation sites (N-methyl/N-ethyl adjacent to an activating group) is 1. The molecule has 6 heteroatoms. The van der Waals surface area contributed by atoms with Gasteiger partial charge in [-0.3, -0.25) is 19.3 Å². The zero-order valence-corrected chi connectivity index (χ0v) is 12.2. The fourth-order valence-corrected chi connectivity index (χ4v) is 2.22. The molecule has 1 aliphatic rings. The van der Waals surface area contributed by atoms with E-state index in [0.29, 0.717) is 5.56 Å². The number of hydrogen-bond acceptors (Lipinski definition) is 3. The first kappa shape index (κ1) is 13.7. The van der Waals surface area contributed by atoms with Gasteiger partial charge in [-0.15, -0.1) is 0 Å². The third-order valence-corrected chi connectivity index (χ3v) is 3.98.